The summed E-state index contributed by atoms with van der Waals surface area (Å²) >= 11 is 0. The van der Waals surface area contributed by atoms with Gasteiger partial charge in [0.15, 0.2) is 0 Å². The fourth-order valence-corrected chi connectivity index (χ4v) is 4.09. The molecule has 0 bridgehead atoms. The second kappa shape index (κ2) is 6.75. The molecule has 3 nitrogen and oxygen atoms in total. The fraction of sp³-hybridized carbons (Fsp3) is 0.200. The van der Waals surface area contributed by atoms with E-state index in [1.54, 1.807) is 12.1 Å². The molecule has 0 aliphatic heterocycles. The van der Waals surface area contributed by atoms with Crippen LogP contribution in [0.4, 0.5) is 0 Å². The normalized spacial score (nSPS) is 13.1. The number of sulfonamides is 1. The van der Waals surface area contributed by atoms with E-state index in [9.17, 15) is 8.42 Å². The Kier molecular flexibility index (Phi) is 4.69. The van der Waals surface area contributed by atoms with Crippen LogP contribution in [0.25, 0.3) is 10.8 Å². The van der Waals surface area contributed by atoms with Crippen LogP contribution in [0, 0.1) is 6.92 Å². The van der Waals surface area contributed by atoms with Crippen LogP contribution < -0.4 is 4.72 Å². The number of hydrogen-bond acceptors (Lipinski definition) is 2. The van der Waals surface area contributed by atoms with Crippen LogP contribution in [-0.4, -0.2) is 8.42 Å². The second-order valence-corrected chi connectivity index (χ2v) is 7.72. The van der Waals surface area contributed by atoms with Crippen LogP contribution in [0.3, 0.4) is 0 Å². The van der Waals surface area contributed by atoms with E-state index in [1.807, 2.05) is 56.3 Å². The zero-order chi connectivity index (χ0) is 17.2. The third kappa shape index (κ3) is 3.50. The molecule has 0 saturated carbocycles. The van der Waals surface area contributed by atoms with E-state index in [0.29, 0.717) is 11.3 Å². The van der Waals surface area contributed by atoms with Gasteiger partial charge >= 0.3 is 0 Å². The lowest BCUT2D eigenvalue weighted by Gasteiger charge is -2.18. The first kappa shape index (κ1) is 16.7. The van der Waals surface area contributed by atoms with E-state index in [4.69, 9.17) is 0 Å². The predicted molar refractivity (Wildman–Crippen MR) is 98.5 cm³/mol. The summed E-state index contributed by atoms with van der Waals surface area (Å²) in [5.41, 5.74) is 2.02. The Hall–Kier alpha value is -2.17. The molecule has 3 aromatic carbocycles. The molecule has 4 heteroatoms. The van der Waals surface area contributed by atoms with E-state index in [-0.39, 0.29) is 6.04 Å². The van der Waals surface area contributed by atoms with Gasteiger partial charge in [-0.25, -0.2) is 13.1 Å². The lowest BCUT2D eigenvalue weighted by Crippen LogP contribution is -2.28. The number of benzene rings is 3. The Balaban J connectivity index is 1.91. The Labute approximate surface area is 143 Å². The van der Waals surface area contributed by atoms with Crippen molar-refractivity contribution in [2.24, 2.45) is 0 Å². The Morgan fingerprint density at radius 1 is 0.917 bits per heavy atom. The summed E-state index contributed by atoms with van der Waals surface area (Å²) < 4.78 is 28.1. The first-order valence-electron chi connectivity index (χ1n) is 8.07. The van der Waals surface area contributed by atoms with Crippen molar-refractivity contribution in [1.82, 2.24) is 4.72 Å². The van der Waals surface area contributed by atoms with Crippen molar-refractivity contribution in [1.29, 1.82) is 0 Å². The van der Waals surface area contributed by atoms with Crippen LogP contribution in [0.1, 0.15) is 30.5 Å². The van der Waals surface area contributed by atoms with Crippen molar-refractivity contribution < 1.29 is 8.42 Å². The van der Waals surface area contributed by atoms with Crippen LogP contribution >= 0.6 is 0 Å². The molecule has 1 atom stereocenters. The Morgan fingerprint density at radius 2 is 1.58 bits per heavy atom. The van der Waals surface area contributed by atoms with Crippen molar-refractivity contribution in [2.45, 2.75) is 31.2 Å². The van der Waals surface area contributed by atoms with Gasteiger partial charge in [-0.3, -0.25) is 0 Å². The van der Waals surface area contributed by atoms with E-state index in [1.165, 1.54) is 0 Å². The van der Waals surface area contributed by atoms with E-state index in [2.05, 4.69) is 16.9 Å². The summed E-state index contributed by atoms with van der Waals surface area (Å²) in [6, 6.07) is 20.8. The van der Waals surface area contributed by atoms with Gasteiger partial charge in [-0.05, 0) is 47.9 Å². The average molecular weight is 339 g/mol. The molecule has 0 aliphatic carbocycles. The summed E-state index contributed by atoms with van der Waals surface area (Å²) in [5.74, 6) is 0. The van der Waals surface area contributed by atoms with Crippen LogP contribution in [0.2, 0.25) is 0 Å². The van der Waals surface area contributed by atoms with Crippen molar-refractivity contribution >= 4 is 20.8 Å². The molecular weight excluding hydrogens is 318 g/mol. The van der Waals surface area contributed by atoms with Crippen molar-refractivity contribution in [3.63, 3.8) is 0 Å². The topological polar surface area (TPSA) is 46.2 Å². The lowest BCUT2D eigenvalue weighted by atomic mass is 10.0. The number of hydrogen-bond donors (Lipinski definition) is 1. The number of nitrogens with one attached hydrogen (secondary N) is 1. The number of fused-ring (bicyclic) bond motifs is 1. The first-order chi connectivity index (χ1) is 11.5. The highest BCUT2D eigenvalue weighted by Gasteiger charge is 2.20. The quantitative estimate of drug-likeness (QED) is 0.739. The molecule has 0 aliphatic rings. The van der Waals surface area contributed by atoms with Gasteiger partial charge < -0.3 is 0 Å². The highest BCUT2D eigenvalue weighted by molar-refractivity contribution is 7.89. The summed E-state index contributed by atoms with van der Waals surface area (Å²) in [6.45, 7) is 3.92. The van der Waals surface area contributed by atoms with Gasteiger partial charge in [0.2, 0.25) is 10.0 Å². The largest absolute Gasteiger partial charge is 0.241 e. The van der Waals surface area contributed by atoms with Crippen molar-refractivity contribution in [3.8, 4) is 0 Å². The molecule has 0 spiro atoms. The molecule has 0 aromatic heterocycles. The molecule has 0 fully saturated rings. The molecule has 1 unspecified atom stereocenters. The highest BCUT2D eigenvalue weighted by atomic mass is 32.2. The van der Waals surface area contributed by atoms with E-state index < -0.39 is 10.0 Å². The second-order valence-electron chi connectivity index (χ2n) is 6.00. The van der Waals surface area contributed by atoms with Gasteiger partial charge in [0.1, 0.15) is 0 Å². The average Bonchev–Trinajstić information content (AvgIpc) is 2.59. The third-order valence-corrected chi connectivity index (χ3v) is 5.70. The SMILES string of the molecule is CCC(NS(=O)(=O)c1ccc(C)cc1)c1ccc2ccccc2c1. The third-order valence-electron chi connectivity index (χ3n) is 4.21. The highest BCUT2D eigenvalue weighted by Crippen LogP contribution is 2.24. The molecule has 3 aromatic rings. The zero-order valence-corrected chi connectivity index (χ0v) is 14.7. The first-order valence-corrected chi connectivity index (χ1v) is 9.55. The van der Waals surface area contributed by atoms with Gasteiger partial charge in [0.05, 0.1) is 4.90 Å². The minimum atomic E-state index is -3.54. The molecule has 124 valence electrons. The van der Waals surface area contributed by atoms with Crippen LogP contribution in [-0.2, 0) is 10.0 Å². The van der Waals surface area contributed by atoms with Gasteiger partial charge in [-0.2, -0.15) is 0 Å². The molecule has 0 saturated heterocycles. The molecule has 0 heterocycles. The minimum absolute atomic E-state index is 0.249. The van der Waals surface area contributed by atoms with Crippen molar-refractivity contribution in [3.05, 3.63) is 77.9 Å². The van der Waals surface area contributed by atoms with E-state index in [0.717, 1.165) is 21.9 Å². The maximum absolute atomic E-state index is 12.6. The Bertz CT molecular complexity index is 947. The smallest absolute Gasteiger partial charge is 0.207 e. The number of aryl methyl sites for hydroxylation is 1. The summed E-state index contributed by atoms with van der Waals surface area (Å²) in [6.07, 6.45) is 0.684. The standard InChI is InChI=1S/C20H21NO2S/c1-3-20(18-11-10-16-6-4-5-7-17(16)14-18)21-24(22,23)19-12-8-15(2)9-13-19/h4-14,20-21H,3H2,1-2H3. The van der Waals surface area contributed by atoms with Gasteiger partial charge in [-0.1, -0.05) is 61.0 Å². The van der Waals surface area contributed by atoms with Gasteiger partial charge in [0, 0.05) is 6.04 Å². The summed E-state index contributed by atoms with van der Waals surface area (Å²) in [4.78, 5) is 0.298. The summed E-state index contributed by atoms with van der Waals surface area (Å²) in [5, 5.41) is 2.26. The Morgan fingerprint density at radius 3 is 2.25 bits per heavy atom. The van der Waals surface area contributed by atoms with Crippen LogP contribution in [0.5, 0.6) is 0 Å². The van der Waals surface area contributed by atoms with E-state index >= 15 is 0 Å². The molecule has 0 amide bonds. The van der Waals surface area contributed by atoms with Gasteiger partial charge in [-0.15, -0.1) is 0 Å². The zero-order valence-electron chi connectivity index (χ0n) is 13.9. The molecular formula is C20H21NO2S. The minimum Gasteiger partial charge on any atom is -0.207 e. The lowest BCUT2D eigenvalue weighted by molar-refractivity contribution is 0.550. The van der Waals surface area contributed by atoms with Gasteiger partial charge in [0.25, 0.3) is 0 Å². The molecule has 0 radical (unpaired) electrons. The van der Waals surface area contributed by atoms with Crippen LogP contribution in [0.15, 0.2) is 71.6 Å². The monoisotopic (exact) mass is 339 g/mol. The molecule has 3 rings (SSSR count). The maximum Gasteiger partial charge on any atom is 0.241 e. The maximum atomic E-state index is 12.6. The molecule has 24 heavy (non-hydrogen) atoms. The molecule has 1 N–H and O–H groups in total. The number of rotatable bonds is 5. The van der Waals surface area contributed by atoms with Crippen molar-refractivity contribution in [2.75, 3.05) is 0 Å². The summed E-state index contributed by atoms with van der Waals surface area (Å²) in [7, 11) is -3.54. The fourth-order valence-electron chi connectivity index (χ4n) is 2.78. The predicted octanol–water partition coefficient (Wildman–Crippen LogP) is 4.58.